The number of ketones is 1. The van der Waals surface area contributed by atoms with Crippen LogP contribution in [0.15, 0.2) is 24.3 Å². The molecule has 0 unspecified atom stereocenters. The zero-order chi connectivity index (χ0) is 17.7. The first-order valence-electron chi connectivity index (χ1n) is 7.98. The maximum atomic E-state index is 12.0. The average Bonchev–Trinajstić information content (AvgIpc) is 2.80. The summed E-state index contributed by atoms with van der Waals surface area (Å²) in [7, 11) is 1.83. The Balaban J connectivity index is 1.91. The molecule has 0 radical (unpaired) electrons. The Labute approximate surface area is 141 Å². The molecular formula is C18H23N3O3. The lowest BCUT2D eigenvalue weighted by atomic mass is 10.1. The Bertz CT molecular complexity index is 733. The van der Waals surface area contributed by atoms with E-state index in [2.05, 4.69) is 10.4 Å². The molecule has 0 aliphatic carbocycles. The summed E-state index contributed by atoms with van der Waals surface area (Å²) >= 11 is 0. The summed E-state index contributed by atoms with van der Waals surface area (Å²) in [5.74, 6) is 0.419. The van der Waals surface area contributed by atoms with Crippen LogP contribution in [0.4, 0.5) is 5.69 Å². The number of anilines is 1. The van der Waals surface area contributed by atoms with Gasteiger partial charge in [-0.05, 0) is 44.5 Å². The van der Waals surface area contributed by atoms with Crippen LogP contribution < -0.4 is 10.1 Å². The van der Waals surface area contributed by atoms with E-state index in [9.17, 15) is 9.59 Å². The molecule has 6 nitrogen and oxygen atoms in total. The van der Waals surface area contributed by atoms with E-state index in [1.807, 2.05) is 27.8 Å². The number of aryl methyl sites for hydroxylation is 2. The molecule has 1 aromatic carbocycles. The van der Waals surface area contributed by atoms with Crippen molar-refractivity contribution < 1.29 is 14.3 Å². The second-order valence-electron chi connectivity index (χ2n) is 5.70. The molecule has 0 spiro atoms. The van der Waals surface area contributed by atoms with Crippen LogP contribution in [0.25, 0.3) is 0 Å². The van der Waals surface area contributed by atoms with Crippen molar-refractivity contribution >= 4 is 17.4 Å². The van der Waals surface area contributed by atoms with Crippen molar-refractivity contribution in [2.75, 3.05) is 11.9 Å². The van der Waals surface area contributed by atoms with Crippen molar-refractivity contribution in [3.63, 3.8) is 0 Å². The summed E-state index contributed by atoms with van der Waals surface area (Å²) in [5.41, 5.74) is 3.03. The zero-order valence-corrected chi connectivity index (χ0v) is 14.5. The monoisotopic (exact) mass is 329 g/mol. The van der Waals surface area contributed by atoms with Crippen LogP contribution in [0.5, 0.6) is 5.75 Å². The van der Waals surface area contributed by atoms with E-state index < -0.39 is 0 Å². The van der Waals surface area contributed by atoms with Crippen LogP contribution in [0.1, 0.15) is 41.5 Å². The van der Waals surface area contributed by atoms with E-state index in [4.69, 9.17) is 4.74 Å². The maximum Gasteiger partial charge on any atom is 0.262 e. The van der Waals surface area contributed by atoms with E-state index in [1.54, 1.807) is 28.9 Å². The molecule has 6 heteroatoms. The van der Waals surface area contributed by atoms with Gasteiger partial charge in [0.05, 0.1) is 17.1 Å². The predicted octanol–water partition coefficient (Wildman–Crippen LogP) is 3.04. The number of nitrogens with zero attached hydrogens (tertiary/aromatic N) is 2. The standard InChI is InChI=1S/C18H23N3O3/c1-5-6-16(22)14-7-9-15(10-8-14)24-11-17(23)19-18-12(2)20-21(4)13(18)3/h7-10H,5-6,11H2,1-4H3,(H,19,23). The molecule has 0 saturated carbocycles. The number of carbonyl (C=O) groups excluding carboxylic acids is 2. The topological polar surface area (TPSA) is 73.2 Å². The summed E-state index contributed by atoms with van der Waals surface area (Å²) in [5, 5.41) is 7.07. The first kappa shape index (κ1) is 17.7. The minimum absolute atomic E-state index is 0.101. The molecule has 2 rings (SSSR count). The Morgan fingerprint density at radius 2 is 1.88 bits per heavy atom. The summed E-state index contributed by atoms with van der Waals surface area (Å²) in [6.45, 7) is 5.60. The minimum Gasteiger partial charge on any atom is -0.484 e. The van der Waals surface area contributed by atoms with Gasteiger partial charge in [-0.25, -0.2) is 0 Å². The smallest absolute Gasteiger partial charge is 0.262 e. The number of rotatable bonds is 7. The Morgan fingerprint density at radius 3 is 2.42 bits per heavy atom. The number of hydrogen-bond acceptors (Lipinski definition) is 4. The summed E-state index contributed by atoms with van der Waals surface area (Å²) < 4.78 is 7.19. The molecule has 0 bridgehead atoms. The van der Waals surface area contributed by atoms with Crippen molar-refractivity contribution in [2.45, 2.75) is 33.6 Å². The third kappa shape index (κ3) is 4.22. The number of aromatic nitrogens is 2. The summed E-state index contributed by atoms with van der Waals surface area (Å²) in [6, 6.07) is 6.86. The second kappa shape index (κ2) is 7.77. The number of benzene rings is 1. The Hall–Kier alpha value is -2.63. The SMILES string of the molecule is CCCC(=O)c1ccc(OCC(=O)Nc2c(C)nn(C)c2C)cc1. The molecular weight excluding hydrogens is 306 g/mol. The Morgan fingerprint density at radius 1 is 1.21 bits per heavy atom. The van der Waals surface area contributed by atoms with Crippen LogP contribution >= 0.6 is 0 Å². The molecule has 128 valence electrons. The van der Waals surface area contributed by atoms with Gasteiger partial charge < -0.3 is 10.1 Å². The number of nitrogens with one attached hydrogen (secondary N) is 1. The van der Waals surface area contributed by atoms with Crippen LogP contribution in [0, 0.1) is 13.8 Å². The lowest BCUT2D eigenvalue weighted by molar-refractivity contribution is -0.118. The highest BCUT2D eigenvalue weighted by Crippen LogP contribution is 2.18. The lowest BCUT2D eigenvalue weighted by Crippen LogP contribution is -2.21. The van der Waals surface area contributed by atoms with Crippen molar-refractivity contribution in [3.8, 4) is 5.75 Å². The van der Waals surface area contributed by atoms with Gasteiger partial charge in [0.25, 0.3) is 5.91 Å². The molecule has 2 aromatic rings. The fourth-order valence-corrected chi connectivity index (χ4v) is 2.39. The molecule has 1 aromatic heterocycles. The molecule has 24 heavy (non-hydrogen) atoms. The highest BCUT2D eigenvalue weighted by atomic mass is 16.5. The number of amides is 1. The lowest BCUT2D eigenvalue weighted by Gasteiger charge is -2.08. The van der Waals surface area contributed by atoms with Crippen molar-refractivity contribution in [1.29, 1.82) is 0 Å². The van der Waals surface area contributed by atoms with Crippen molar-refractivity contribution in [3.05, 3.63) is 41.2 Å². The average molecular weight is 329 g/mol. The van der Waals surface area contributed by atoms with Gasteiger partial charge in [0.1, 0.15) is 5.75 Å². The molecule has 0 aliphatic rings. The Kier molecular flexibility index (Phi) is 5.73. The second-order valence-corrected chi connectivity index (χ2v) is 5.70. The third-order valence-electron chi connectivity index (χ3n) is 3.80. The quantitative estimate of drug-likeness (QED) is 0.792. The van der Waals surface area contributed by atoms with Gasteiger partial charge in [-0.2, -0.15) is 5.10 Å². The van der Waals surface area contributed by atoms with Gasteiger partial charge in [-0.1, -0.05) is 6.92 Å². The highest BCUT2D eigenvalue weighted by Gasteiger charge is 2.13. The number of hydrogen-bond donors (Lipinski definition) is 1. The van der Waals surface area contributed by atoms with E-state index in [1.165, 1.54) is 0 Å². The van der Waals surface area contributed by atoms with Gasteiger partial charge in [0, 0.05) is 19.0 Å². The third-order valence-corrected chi connectivity index (χ3v) is 3.80. The summed E-state index contributed by atoms with van der Waals surface area (Å²) in [4.78, 5) is 23.8. The van der Waals surface area contributed by atoms with Gasteiger partial charge in [0.15, 0.2) is 12.4 Å². The van der Waals surface area contributed by atoms with E-state index >= 15 is 0 Å². The summed E-state index contributed by atoms with van der Waals surface area (Å²) in [6.07, 6.45) is 1.36. The molecule has 0 atom stereocenters. The number of ether oxygens (including phenoxy) is 1. The largest absolute Gasteiger partial charge is 0.484 e. The van der Waals surface area contributed by atoms with Crippen LogP contribution in [0.3, 0.4) is 0 Å². The maximum absolute atomic E-state index is 12.0. The fraction of sp³-hybridized carbons (Fsp3) is 0.389. The van der Waals surface area contributed by atoms with Gasteiger partial charge in [0.2, 0.25) is 0 Å². The minimum atomic E-state index is -0.250. The molecule has 0 saturated heterocycles. The van der Waals surface area contributed by atoms with Gasteiger partial charge >= 0.3 is 0 Å². The predicted molar refractivity (Wildman–Crippen MR) is 92.5 cm³/mol. The fourth-order valence-electron chi connectivity index (χ4n) is 2.39. The van der Waals surface area contributed by atoms with Gasteiger partial charge in [-0.15, -0.1) is 0 Å². The molecule has 1 amide bonds. The highest BCUT2D eigenvalue weighted by molar-refractivity contribution is 5.96. The molecule has 1 N–H and O–H groups in total. The zero-order valence-electron chi connectivity index (χ0n) is 14.5. The van der Waals surface area contributed by atoms with Crippen molar-refractivity contribution in [2.24, 2.45) is 7.05 Å². The molecule has 0 aliphatic heterocycles. The van der Waals surface area contributed by atoms with Gasteiger partial charge in [-0.3, -0.25) is 14.3 Å². The first-order valence-corrected chi connectivity index (χ1v) is 7.98. The number of Topliss-reactive ketones (excluding diaryl/α,β-unsaturated/α-hetero) is 1. The van der Waals surface area contributed by atoms with E-state index in [0.717, 1.165) is 17.8 Å². The van der Waals surface area contributed by atoms with Crippen LogP contribution in [0.2, 0.25) is 0 Å². The van der Waals surface area contributed by atoms with Crippen molar-refractivity contribution in [1.82, 2.24) is 9.78 Å². The molecule has 0 fully saturated rings. The van der Waals surface area contributed by atoms with Crippen LogP contribution in [-0.4, -0.2) is 28.1 Å². The molecule has 1 heterocycles. The normalized spacial score (nSPS) is 10.5. The van der Waals surface area contributed by atoms with E-state index in [-0.39, 0.29) is 18.3 Å². The first-order chi connectivity index (χ1) is 11.4. The van der Waals surface area contributed by atoms with Crippen LogP contribution in [-0.2, 0) is 11.8 Å². The number of carbonyl (C=O) groups is 2. The van der Waals surface area contributed by atoms with E-state index in [0.29, 0.717) is 23.4 Å².